The van der Waals surface area contributed by atoms with Crippen molar-refractivity contribution < 1.29 is 31.5 Å². The number of nitrogens with one attached hydrogen (secondary N) is 1. The average Bonchev–Trinajstić information content (AvgIpc) is 3.01. The molecule has 7 nitrogen and oxygen atoms in total. The van der Waals surface area contributed by atoms with Gasteiger partial charge < -0.3 is 14.8 Å². The summed E-state index contributed by atoms with van der Waals surface area (Å²) in [5.74, 6) is -4.83. The van der Waals surface area contributed by atoms with E-state index in [-0.39, 0.29) is 30.5 Å². The highest BCUT2D eigenvalue weighted by atomic mass is 19.4. The largest absolute Gasteiger partial charge is 0.391 e. The quantitative estimate of drug-likeness (QED) is 0.454. The number of ketones is 1. The van der Waals surface area contributed by atoms with Crippen molar-refractivity contribution >= 4 is 17.5 Å². The van der Waals surface area contributed by atoms with Crippen LogP contribution < -0.4 is 5.32 Å². The molecule has 0 radical (unpaired) electrons. The Bertz CT molecular complexity index is 954. The maximum absolute atomic E-state index is 13.2. The Balaban J connectivity index is 1.78. The highest BCUT2D eigenvalue weighted by molar-refractivity contribution is 5.96. The number of halogens is 5. The maximum atomic E-state index is 13.2. The minimum absolute atomic E-state index is 0.107. The van der Waals surface area contributed by atoms with Gasteiger partial charge in [-0.15, -0.1) is 0 Å². The highest BCUT2D eigenvalue weighted by Crippen LogP contribution is 2.30. The molecular weight excluding hydrogens is 413 g/mol. The van der Waals surface area contributed by atoms with Crippen molar-refractivity contribution in [2.45, 2.75) is 45.6 Å². The van der Waals surface area contributed by atoms with Gasteiger partial charge in [0.25, 0.3) is 0 Å². The lowest BCUT2D eigenvalue weighted by Crippen LogP contribution is -2.46. The number of anilines is 1. The normalized spacial score (nSPS) is 17.4. The van der Waals surface area contributed by atoms with Crippen LogP contribution >= 0.6 is 0 Å². The van der Waals surface area contributed by atoms with E-state index in [1.54, 1.807) is 11.5 Å². The standard InChI is InChI=1S/C18H18F5N5O2/c1-9(18(21,22)23)3-13(29)16-12-7-28(10(2)6-27(12)8-24-16)17(30)25-11-4-14(19)26-15(20)5-11/h4-5,8-10H,3,6-7H2,1-2H3,(H,25,26,30)/t9-,10-/m0/s1. The van der Waals surface area contributed by atoms with Crippen LogP contribution in [0.5, 0.6) is 0 Å². The molecule has 0 fully saturated rings. The van der Waals surface area contributed by atoms with Gasteiger partial charge in [0.1, 0.15) is 5.69 Å². The van der Waals surface area contributed by atoms with Gasteiger partial charge in [-0.05, 0) is 6.92 Å². The Morgan fingerprint density at radius 1 is 1.27 bits per heavy atom. The van der Waals surface area contributed by atoms with E-state index >= 15 is 0 Å². The van der Waals surface area contributed by atoms with Crippen molar-refractivity contribution in [3.05, 3.63) is 41.7 Å². The second kappa shape index (κ2) is 8.00. The zero-order chi connectivity index (χ0) is 22.2. The number of hydrogen-bond acceptors (Lipinski definition) is 4. The van der Waals surface area contributed by atoms with E-state index in [0.717, 1.165) is 19.1 Å². The second-order valence-corrected chi connectivity index (χ2v) is 7.17. The van der Waals surface area contributed by atoms with E-state index in [9.17, 15) is 31.5 Å². The molecule has 12 heteroatoms. The molecule has 2 aromatic heterocycles. The topological polar surface area (TPSA) is 80.1 Å². The van der Waals surface area contributed by atoms with Gasteiger partial charge >= 0.3 is 12.2 Å². The summed E-state index contributed by atoms with van der Waals surface area (Å²) in [5.41, 5.74) is 0.0260. The number of carbonyl (C=O) groups excluding carboxylic acids is 2. The first-order chi connectivity index (χ1) is 14.0. The predicted molar refractivity (Wildman–Crippen MR) is 94.6 cm³/mol. The monoisotopic (exact) mass is 431 g/mol. The van der Waals surface area contributed by atoms with E-state index in [1.807, 2.05) is 0 Å². The van der Waals surface area contributed by atoms with Gasteiger partial charge in [-0.1, -0.05) is 6.92 Å². The molecule has 2 aromatic rings. The second-order valence-electron chi connectivity index (χ2n) is 7.17. The number of Topliss-reactive ketones (excluding diaryl/α,β-unsaturated/α-hetero) is 1. The lowest BCUT2D eigenvalue weighted by Gasteiger charge is -2.34. The van der Waals surface area contributed by atoms with Gasteiger partial charge in [0, 0.05) is 31.1 Å². The number of aromatic nitrogens is 3. The number of rotatable bonds is 4. The minimum atomic E-state index is -4.51. The number of imidazole rings is 1. The van der Waals surface area contributed by atoms with Gasteiger partial charge in [0.05, 0.1) is 30.2 Å². The maximum Gasteiger partial charge on any atom is 0.391 e. The van der Waals surface area contributed by atoms with Gasteiger partial charge in [-0.2, -0.15) is 26.9 Å². The third-order valence-electron chi connectivity index (χ3n) is 4.85. The number of carbonyl (C=O) groups is 2. The summed E-state index contributed by atoms with van der Waals surface area (Å²) in [4.78, 5) is 33.2. The molecule has 30 heavy (non-hydrogen) atoms. The summed E-state index contributed by atoms with van der Waals surface area (Å²) >= 11 is 0. The number of amides is 2. The summed E-state index contributed by atoms with van der Waals surface area (Å²) in [6.07, 6.45) is -3.92. The molecule has 162 valence electrons. The Hall–Kier alpha value is -3.05. The summed E-state index contributed by atoms with van der Waals surface area (Å²) in [7, 11) is 0. The first-order valence-electron chi connectivity index (χ1n) is 9.00. The number of fused-ring (bicyclic) bond motifs is 1. The van der Waals surface area contributed by atoms with E-state index in [1.165, 1.54) is 11.2 Å². The third-order valence-corrected chi connectivity index (χ3v) is 4.85. The van der Waals surface area contributed by atoms with Crippen LogP contribution in [-0.4, -0.2) is 43.5 Å². The number of hydrogen-bond donors (Lipinski definition) is 1. The number of urea groups is 1. The minimum Gasteiger partial charge on any atom is -0.330 e. The zero-order valence-electron chi connectivity index (χ0n) is 16.0. The highest BCUT2D eigenvalue weighted by Gasteiger charge is 2.39. The van der Waals surface area contributed by atoms with Crippen molar-refractivity contribution in [1.29, 1.82) is 0 Å². The van der Waals surface area contributed by atoms with Crippen molar-refractivity contribution in [2.24, 2.45) is 5.92 Å². The third kappa shape index (κ3) is 4.57. The van der Waals surface area contributed by atoms with E-state index in [4.69, 9.17) is 0 Å². The molecule has 1 N–H and O–H groups in total. The first-order valence-corrected chi connectivity index (χ1v) is 9.00. The predicted octanol–water partition coefficient (Wildman–Crippen LogP) is 3.76. The summed E-state index contributed by atoms with van der Waals surface area (Å²) in [6.45, 7) is 2.76. The zero-order valence-corrected chi connectivity index (χ0v) is 16.0. The number of alkyl halides is 3. The molecule has 0 aliphatic carbocycles. The van der Waals surface area contributed by atoms with Crippen LogP contribution in [0.25, 0.3) is 0 Å². The molecule has 2 amide bonds. The lowest BCUT2D eigenvalue weighted by molar-refractivity contribution is -0.168. The lowest BCUT2D eigenvalue weighted by atomic mass is 10.0. The molecule has 0 spiro atoms. The van der Waals surface area contributed by atoms with Crippen molar-refractivity contribution in [3.8, 4) is 0 Å². The summed E-state index contributed by atoms with van der Waals surface area (Å²) < 4.78 is 66.4. The molecule has 0 bridgehead atoms. The number of nitrogens with zero attached hydrogens (tertiary/aromatic N) is 4. The van der Waals surface area contributed by atoms with Crippen LogP contribution in [0.4, 0.5) is 32.4 Å². The summed E-state index contributed by atoms with van der Waals surface area (Å²) in [5, 5.41) is 2.35. The van der Waals surface area contributed by atoms with Crippen molar-refractivity contribution in [3.63, 3.8) is 0 Å². The molecule has 0 saturated carbocycles. The SMILES string of the molecule is C[C@H]1Cn2cnc(C(=O)C[C@H](C)C(F)(F)F)c2CN1C(=O)Nc1cc(F)nc(F)c1. The molecule has 1 aliphatic heterocycles. The Morgan fingerprint density at radius 3 is 2.50 bits per heavy atom. The van der Waals surface area contributed by atoms with E-state index in [2.05, 4.69) is 15.3 Å². The molecule has 1 aliphatic rings. The van der Waals surface area contributed by atoms with E-state index < -0.39 is 42.2 Å². The van der Waals surface area contributed by atoms with E-state index in [0.29, 0.717) is 5.69 Å². The Labute approximate surface area is 167 Å². The van der Waals surface area contributed by atoms with Crippen LogP contribution in [0.1, 0.15) is 36.5 Å². The number of pyridine rings is 1. The molecule has 0 aromatic carbocycles. The smallest absolute Gasteiger partial charge is 0.330 e. The average molecular weight is 431 g/mol. The molecule has 0 unspecified atom stereocenters. The van der Waals surface area contributed by atoms with Crippen molar-refractivity contribution in [2.75, 3.05) is 5.32 Å². The van der Waals surface area contributed by atoms with Crippen LogP contribution in [0, 0.1) is 17.8 Å². The van der Waals surface area contributed by atoms with Gasteiger partial charge in [-0.3, -0.25) is 4.79 Å². The van der Waals surface area contributed by atoms with Crippen LogP contribution in [0.2, 0.25) is 0 Å². The molecule has 0 saturated heterocycles. The van der Waals surface area contributed by atoms with Crippen LogP contribution in [0.15, 0.2) is 18.5 Å². The van der Waals surface area contributed by atoms with Crippen LogP contribution in [0.3, 0.4) is 0 Å². The fourth-order valence-electron chi connectivity index (χ4n) is 3.16. The van der Waals surface area contributed by atoms with Gasteiger partial charge in [0.2, 0.25) is 11.9 Å². The van der Waals surface area contributed by atoms with Crippen LogP contribution in [-0.2, 0) is 13.1 Å². The van der Waals surface area contributed by atoms with Crippen molar-refractivity contribution in [1.82, 2.24) is 19.4 Å². The Kier molecular flexibility index (Phi) is 5.77. The fourth-order valence-corrected chi connectivity index (χ4v) is 3.16. The molecule has 2 atom stereocenters. The molecular formula is C18H18F5N5O2. The summed E-state index contributed by atoms with van der Waals surface area (Å²) in [6, 6.07) is 0.614. The van der Waals surface area contributed by atoms with Gasteiger partial charge in [-0.25, -0.2) is 9.78 Å². The fraction of sp³-hybridized carbons (Fsp3) is 0.444. The Morgan fingerprint density at radius 2 is 1.90 bits per heavy atom. The van der Waals surface area contributed by atoms with Gasteiger partial charge in [0.15, 0.2) is 5.78 Å². The first kappa shape index (κ1) is 21.7. The molecule has 3 rings (SSSR count). The molecule has 3 heterocycles.